The minimum Gasteiger partial charge on any atom is -0.476 e. The second-order valence-electron chi connectivity index (χ2n) is 3.91. The molecule has 2 heterocycles. The van der Waals surface area contributed by atoms with Gasteiger partial charge in [0.25, 0.3) is 0 Å². The quantitative estimate of drug-likeness (QED) is 0.820. The number of nitrogens with zero attached hydrogens (tertiary/aromatic N) is 4. The number of aromatic carboxylic acids is 1. The smallest absolute Gasteiger partial charge is 0.358 e. The summed E-state index contributed by atoms with van der Waals surface area (Å²) in [7, 11) is 0. The van der Waals surface area contributed by atoms with Gasteiger partial charge in [-0.1, -0.05) is 5.21 Å². The molecule has 0 aliphatic carbocycles. The molecule has 1 amide bonds. The van der Waals surface area contributed by atoms with Crippen LogP contribution in [-0.2, 0) is 11.3 Å². The molecular weight excluding hydrogens is 250 g/mol. The first-order valence-corrected chi connectivity index (χ1v) is 5.39. The van der Waals surface area contributed by atoms with Crippen molar-refractivity contribution in [3.63, 3.8) is 0 Å². The molecule has 2 aromatic rings. The van der Waals surface area contributed by atoms with Crippen LogP contribution in [0.1, 0.15) is 16.1 Å². The minimum atomic E-state index is -1.19. The van der Waals surface area contributed by atoms with Crippen molar-refractivity contribution in [3.8, 4) is 0 Å². The van der Waals surface area contributed by atoms with Gasteiger partial charge in [-0.25, -0.2) is 9.48 Å². The molecule has 2 N–H and O–H groups in total. The fourth-order valence-corrected chi connectivity index (χ4v) is 1.44. The molecule has 2 aromatic heterocycles. The van der Waals surface area contributed by atoms with E-state index in [1.165, 1.54) is 12.4 Å². The maximum atomic E-state index is 11.7. The molecule has 2 rings (SSSR count). The van der Waals surface area contributed by atoms with E-state index in [4.69, 9.17) is 5.11 Å². The van der Waals surface area contributed by atoms with E-state index >= 15 is 0 Å². The number of aromatic nitrogens is 4. The van der Waals surface area contributed by atoms with Gasteiger partial charge in [-0.15, -0.1) is 5.10 Å². The lowest BCUT2D eigenvalue weighted by Gasteiger charge is -2.04. The molecule has 0 aliphatic rings. The summed E-state index contributed by atoms with van der Waals surface area (Å²) in [5.41, 5.74) is 1.29. The Balaban J connectivity index is 1.99. The Morgan fingerprint density at radius 2 is 2.21 bits per heavy atom. The van der Waals surface area contributed by atoms with Gasteiger partial charge in [0.05, 0.1) is 18.1 Å². The first kappa shape index (κ1) is 12.7. The van der Waals surface area contributed by atoms with Gasteiger partial charge in [0.15, 0.2) is 5.69 Å². The summed E-state index contributed by atoms with van der Waals surface area (Å²) in [5.74, 6) is -1.52. The third-order valence-corrected chi connectivity index (χ3v) is 2.22. The van der Waals surface area contributed by atoms with E-state index in [0.29, 0.717) is 5.69 Å². The highest BCUT2D eigenvalue weighted by atomic mass is 16.4. The van der Waals surface area contributed by atoms with E-state index < -0.39 is 5.97 Å². The fourth-order valence-electron chi connectivity index (χ4n) is 1.44. The topological polar surface area (TPSA) is 110 Å². The number of aryl methyl sites for hydroxylation is 1. The molecule has 0 bridgehead atoms. The first-order chi connectivity index (χ1) is 9.04. The number of carboxylic acid groups (broad SMARTS) is 1. The van der Waals surface area contributed by atoms with Gasteiger partial charge in [0, 0.05) is 6.20 Å². The molecule has 0 unspecified atom stereocenters. The predicted octanol–water partition coefficient (Wildman–Crippen LogP) is 0.318. The van der Waals surface area contributed by atoms with Crippen molar-refractivity contribution in [1.29, 1.82) is 0 Å². The highest BCUT2D eigenvalue weighted by molar-refractivity contribution is 5.90. The van der Waals surface area contributed by atoms with Crippen LogP contribution in [0.3, 0.4) is 0 Å². The number of amides is 1. The normalized spacial score (nSPS) is 10.2. The monoisotopic (exact) mass is 261 g/mol. The SMILES string of the molecule is Cc1cncc(NC(=O)Cn2cc(C(=O)O)nn2)c1. The van der Waals surface area contributed by atoms with E-state index in [1.54, 1.807) is 12.3 Å². The van der Waals surface area contributed by atoms with Gasteiger partial charge in [-0.3, -0.25) is 9.78 Å². The molecule has 0 saturated carbocycles. The van der Waals surface area contributed by atoms with E-state index in [9.17, 15) is 9.59 Å². The van der Waals surface area contributed by atoms with E-state index in [1.807, 2.05) is 6.92 Å². The second-order valence-corrected chi connectivity index (χ2v) is 3.91. The van der Waals surface area contributed by atoms with Crippen LogP contribution in [0.25, 0.3) is 0 Å². The Hall–Kier alpha value is -2.77. The third kappa shape index (κ3) is 3.35. The molecule has 19 heavy (non-hydrogen) atoms. The van der Waals surface area contributed by atoms with Gasteiger partial charge < -0.3 is 10.4 Å². The fraction of sp³-hybridized carbons (Fsp3) is 0.182. The number of pyridine rings is 1. The highest BCUT2D eigenvalue weighted by Gasteiger charge is 2.10. The second kappa shape index (κ2) is 5.25. The largest absolute Gasteiger partial charge is 0.476 e. The number of carboxylic acids is 1. The van der Waals surface area contributed by atoms with Gasteiger partial charge in [-0.05, 0) is 18.6 Å². The van der Waals surface area contributed by atoms with Crippen molar-refractivity contribution in [1.82, 2.24) is 20.0 Å². The molecule has 0 aliphatic heterocycles. The zero-order valence-electron chi connectivity index (χ0n) is 10.1. The summed E-state index contributed by atoms with van der Waals surface area (Å²) < 4.78 is 1.15. The van der Waals surface area contributed by atoms with Crippen LogP contribution in [0.4, 0.5) is 5.69 Å². The van der Waals surface area contributed by atoms with Crippen LogP contribution in [-0.4, -0.2) is 37.0 Å². The Kier molecular flexibility index (Phi) is 3.51. The number of nitrogens with one attached hydrogen (secondary N) is 1. The zero-order chi connectivity index (χ0) is 13.8. The number of anilines is 1. The maximum absolute atomic E-state index is 11.7. The molecule has 0 aromatic carbocycles. The van der Waals surface area contributed by atoms with Crippen LogP contribution in [0.5, 0.6) is 0 Å². The van der Waals surface area contributed by atoms with Gasteiger partial charge in [0.2, 0.25) is 5.91 Å². The van der Waals surface area contributed by atoms with Crippen molar-refractivity contribution >= 4 is 17.6 Å². The summed E-state index contributed by atoms with van der Waals surface area (Å²) in [6.45, 7) is 1.74. The van der Waals surface area contributed by atoms with E-state index in [-0.39, 0.29) is 18.1 Å². The Morgan fingerprint density at radius 3 is 2.84 bits per heavy atom. The Morgan fingerprint density at radius 1 is 1.42 bits per heavy atom. The molecule has 98 valence electrons. The van der Waals surface area contributed by atoms with Crippen molar-refractivity contribution in [2.24, 2.45) is 0 Å². The third-order valence-electron chi connectivity index (χ3n) is 2.22. The van der Waals surface area contributed by atoms with Crippen LogP contribution < -0.4 is 5.32 Å². The summed E-state index contributed by atoms with van der Waals surface area (Å²) in [4.78, 5) is 26.2. The number of carbonyl (C=O) groups excluding carboxylic acids is 1. The van der Waals surface area contributed by atoms with Gasteiger partial charge >= 0.3 is 5.97 Å². The number of hydrogen-bond donors (Lipinski definition) is 2. The van der Waals surface area contributed by atoms with Crippen molar-refractivity contribution < 1.29 is 14.7 Å². The number of carbonyl (C=O) groups is 2. The predicted molar refractivity (Wildman–Crippen MR) is 64.6 cm³/mol. The van der Waals surface area contributed by atoms with Crippen molar-refractivity contribution in [2.45, 2.75) is 13.5 Å². The van der Waals surface area contributed by atoms with Gasteiger partial charge in [-0.2, -0.15) is 0 Å². The van der Waals surface area contributed by atoms with Gasteiger partial charge in [0.1, 0.15) is 6.54 Å². The van der Waals surface area contributed by atoms with Crippen LogP contribution >= 0.6 is 0 Å². The van der Waals surface area contributed by atoms with Crippen LogP contribution in [0.2, 0.25) is 0 Å². The lowest BCUT2D eigenvalue weighted by molar-refractivity contribution is -0.116. The van der Waals surface area contributed by atoms with Crippen LogP contribution in [0.15, 0.2) is 24.7 Å². The summed E-state index contributed by atoms with van der Waals surface area (Å²) >= 11 is 0. The minimum absolute atomic E-state index is 0.117. The number of hydrogen-bond acceptors (Lipinski definition) is 5. The average Bonchev–Trinajstić information content (AvgIpc) is 2.77. The lowest BCUT2D eigenvalue weighted by Crippen LogP contribution is -2.19. The average molecular weight is 261 g/mol. The molecular formula is C11H11N5O3. The lowest BCUT2D eigenvalue weighted by atomic mass is 10.3. The summed E-state index contributed by atoms with van der Waals surface area (Å²) in [5, 5.41) is 18.3. The van der Waals surface area contributed by atoms with E-state index in [0.717, 1.165) is 10.2 Å². The van der Waals surface area contributed by atoms with E-state index in [2.05, 4.69) is 20.6 Å². The Bertz CT molecular complexity index is 622. The summed E-state index contributed by atoms with van der Waals surface area (Å²) in [6, 6.07) is 1.77. The first-order valence-electron chi connectivity index (χ1n) is 5.39. The standard InChI is InChI=1S/C11H11N5O3/c1-7-2-8(4-12-3-7)13-10(17)6-16-5-9(11(18)19)14-15-16/h2-5H,6H2,1H3,(H,13,17)(H,18,19). The summed E-state index contributed by atoms with van der Waals surface area (Å²) in [6.07, 6.45) is 4.39. The molecule has 0 fully saturated rings. The molecule has 0 radical (unpaired) electrons. The van der Waals surface area contributed by atoms with Crippen LogP contribution in [0, 0.1) is 6.92 Å². The molecule has 0 spiro atoms. The number of rotatable bonds is 4. The maximum Gasteiger partial charge on any atom is 0.358 e. The molecule has 0 atom stereocenters. The molecule has 8 heteroatoms. The zero-order valence-corrected chi connectivity index (χ0v) is 10.1. The van der Waals surface area contributed by atoms with Crippen molar-refractivity contribution in [3.05, 3.63) is 35.9 Å². The highest BCUT2D eigenvalue weighted by Crippen LogP contribution is 2.07. The Labute approximate surface area is 108 Å². The molecule has 8 nitrogen and oxygen atoms in total. The molecule has 0 saturated heterocycles. The van der Waals surface area contributed by atoms with Crippen molar-refractivity contribution in [2.75, 3.05) is 5.32 Å².